The van der Waals surface area contributed by atoms with E-state index in [0.717, 1.165) is 16.8 Å². The normalized spacial score (nSPS) is 15.5. The molecule has 4 aromatic rings. The lowest BCUT2D eigenvalue weighted by atomic mass is 9.86. The molecule has 1 aliphatic rings. The third-order valence-electron chi connectivity index (χ3n) is 5.26. The molecule has 1 N–H and O–H groups in total. The summed E-state index contributed by atoms with van der Waals surface area (Å²) >= 11 is 6.43. The van der Waals surface area contributed by atoms with E-state index in [-0.39, 0.29) is 30.0 Å². The number of rotatable bonds is 3. The number of nitrogens with one attached hydrogen (secondary N) is 1. The monoisotopic (exact) mass is 434 g/mol. The van der Waals surface area contributed by atoms with Crippen LogP contribution in [0.2, 0.25) is 5.02 Å². The lowest BCUT2D eigenvalue weighted by Crippen LogP contribution is -2.25. The van der Waals surface area contributed by atoms with Crippen molar-refractivity contribution < 1.29 is 9.18 Å². The zero-order valence-corrected chi connectivity index (χ0v) is 17.1. The molecule has 5 rings (SSSR count). The molecular weight excluding hydrogens is 419 g/mol. The molecule has 0 saturated carbocycles. The number of carbonyl (C=O) groups is 1. The molecule has 0 aliphatic carbocycles. The summed E-state index contributed by atoms with van der Waals surface area (Å²) in [5.74, 6) is -0.0280. The predicted octanol–water partition coefficient (Wildman–Crippen LogP) is 4.30. The van der Waals surface area contributed by atoms with Crippen LogP contribution in [0, 0.1) is 12.7 Å². The number of carbonyl (C=O) groups excluding carboxylic acids is 1. The summed E-state index contributed by atoms with van der Waals surface area (Å²) in [5, 5.41) is 16.2. The Kier molecular flexibility index (Phi) is 4.71. The number of halogens is 2. The van der Waals surface area contributed by atoms with Gasteiger partial charge in [0.05, 0.1) is 17.6 Å². The van der Waals surface area contributed by atoms with Gasteiger partial charge in [-0.25, -0.2) is 9.37 Å². The molecule has 0 radical (unpaired) electrons. The second-order valence-corrected chi connectivity index (χ2v) is 7.64. The molecule has 2 aromatic heterocycles. The van der Waals surface area contributed by atoms with Crippen molar-refractivity contribution in [3.05, 3.63) is 82.4 Å². The minimum Gasteiger partial charge on any atom is -0.310 e. The van der Waals surface area contributed by atoms with Gasteiger partial charge in [0, 0.05) is 28.5 Å². The number of amides is 1. The number of hydrogen-bond donors (Lipinski definition) is 1. The average molecular weight is 435 g/mol. The maximum atomic E-state index is 13.3. The van der Waals surface area contributed by atoms with Crippen molar-refractivity contribution in [2.24, 2.45) is 0 Å². The van der Waals surface area contributed by atoms with E-state index in [1.54, 1.807) is 12.1 Å². The second-order valence-electron chi connectivity index (χ2n) is 7.23. The van der Waals surface area contributed by atoms with Gasteiger partial charge in [-0.3, -0.25) is 4.79 Å². The number of fused-ring (bicyclic) bond motifs is 1. The molecule has 1 aliphatic heterocycles. The Balaban J connectivity index is 1.63. The number of nitrogens with zero attached hydrogens (tertiary/aromatic N) is 5. The standard InChI is InChI=1S/C22H16ClFN6O/c1-12-20-16(15-4-2-3-5-17(15)23)10-19(31)27-21(20)30(29-12)22-26-18(11-25-28-22)13-6-8-14(24)9-7-13/h2-9,11,16H,10H2,1H3,(H,27,31). The molecule has 31 heavy (non-hydrogen) atoms. The summed E-state index contributed by atoms with van der Waals surface area (Å²) in [5.41, 5.74) is 3.66. The SMILES string of the molecule is Cc1nn(-c2nncc(-c3ccc(F)cc3)n2)c2c1C(c1ccccc1Cl)CC(=O)N2. The van der Waals surface area contributed by atoms with Crippen LogP contribution in [0.3, 0.4) is 0 Å². The molecule has 1 atom stereocenters. The quantitative estimate of drug-likeness (QED) is 0.519. The third kappa shape index (κ3) is 3.44. The van der Waals surface area contributed by atoms with E-state index in [2.05, 4.69) is 25.6 Å². The second kappa shape index (κ2) is 7.55. The molecule has 1 amide bonds. The summed E-state index contributed by atoms with van der Waals surface area (Å²) in [4.78, 5) is 17.1. The molecule has 0 fully saturated rings. The molecule has 0 saturated heterocycles. The van der Waals surface area contributed by atoms with E-state index >= 15 is 0 Å². The maximum Gasteiger partial charge on any atom is 0.272 e. The van der Waals surface area contributed by atoms with Gasteiger partial charge in [0.25, 0.3) is 5.95 Å². The predicted molar refractivity (Wildman–Crippen MR) is 114 cm³/mol. The first kappa shape index (κ1) is 19.3. The molecule has 0 spiro atoms. The van der Waals surface area contributed by atoms with Gasteiger partial charge < -0.3 is 5.32 Å². The van der Waals surface area contributed by atoms with Crippen LogP contribution in [0.4, 0.5) is 10.2 Å². The van der Waals surface area contributed by atoms with Crippen LogP contribution in [0.15, 0.2) is 54.7 Å². The van der Waals surface area contributed by atoms with Crippen molar-refractivity contribution >= 4 is 23.3 Å². The molecule has 9 heteroatoms. The van der Waals surface area contributed by atoms with Gasteiger partial charge >= 0.3 is 0 Å². The molecule has 7 nitrogen and oxygen atoms in total. The van der Waals surface area contributed by atoms with Crippen molar-refractivity contribution in [3.8, 4) is 17.2 Å². The maximum absolute atomic E-state index is 13.3. The van der Waals surface area contributed by atoms with Crippen LogP contribution in [0.25, 0.3) is 17.2 Å². The van der Waals surface area contributed by atoms with Crippen molar-refractivity contribution in [2.45, 2.75) is 19.3 Å². The summed E-state index contributed by atoms with van der Waals surface area (Å²) < 4.78 is 14.7. The topological polar surface area (TPSA) is 85.6 Å². The Labute approximate surface area is 181 Å². The van der Waals surface area contributed by atoms with Crippen molar-refractivity contribution in [2.75, 3.05) is 5.32 Å². The highest BCUT2D eigenvalue weighted by Crippen LogP contribution is 2.42. The van der Waals surface area contributed by atoms with Crippen molar-refractivity contribution in [1.29, 1.82) is 0 Å². The van der Waals surface area contributed by atoms with Crippen molar-refractivity contribution in [3.63, 3.8) is 0 Å². The number of hydrogen-bond acceptors (Lipinski definition) is 5. The first-order chi connectivity index (χ1) is 15.0. The van der Waals surface area contributed by atoms with E-state index < -0.39 is 0 Å². The Bertz CT molecular complexity index is 1300. The minimum absolute atomic E-state index is 0.152. The molecule has 2 aromatic carbocycles. The average Bonchev–Trinajstić information content (AvgIpc) is 3.10. The van der Waals surface area contributed by atoms with E-state index in [9.17, 15) is 9.18 Å². The van der Waals surface area contributed by atoms with E-state index in [1.807, 2.05) is 31.2 Å². The third-order valence-corrected chi connectivity index (χ3v) is 5.60. The first-order valence-electron chi connectivity index (χ1n) is 9.61. The van der Waals surface area contributed by atoms with Crippen LogP contribution in [-0.4, -0.2) is 30.9 Å². The molecule has 0 bridgehead atoms. The summed E-state index contributed by atoms with van der Waals surface area (Å²) in [6.07, 6.45) is 1.75. The van der Waals surface area contributed by atoms with Crippen LogP contribution < -0.4 is 5.32 Å². The van der Waals surface area contributed by atoms with Gasteiger partial charge in [0.1, 0.15) is 11.6 Å². The molecular formula is C22H16ClFN6O. The Morgan fingerprint density at radius 1 is 1.16 bits per heavy atom. The van der Waals surface area contributed by atoms with Crippen LogP contribution in [0.1, 0.15) is 29.2 Å². The summed E-state index contributed by atoms with van der Waals surface area (Å²) in [6.45, 7) is 1.87. The van der Waals surface area contributed by atoms with Crippen molar-refractivity contribution in [1.82, 2.24) is 25.0 Å². The number of aromatic nitrogens is 5. The van der Waals surface area contributed by atoms with Gasteiger partial charge in [0.2, 0.25) is 5.91 Å². The molecule has 1 unspecified atom stereocenters. The van der Waals surface area contributed by atoms with Crippen LogP contribution >= 0.6 is 11.6 Å². The Morgan fingerprint density at radius 3 is 2.71 bits per heavy atom. The molecule has 3 heterocycles. The summed E-state index contributed by atoms with van der Waals surface area (Å²) in [6, 6.07) is 13.4. The van der Waals surface area contributed by atoms with Gasteiger partial charge in [-0.1, -0.05) is 29.8 Å². The highest BCUT2D eigenvalue weighted by atomic mass is 35.5. The van der Waals surface area contributed by atoms with Crippen LogP contribution in [-0.2, 0) is 4.79 Å². The fourth-order valence-corrected chi connectivity index (χ4v) is 4.13. The fourth-order valence-electron chi connectivity index (χ4n) is 3.86. The van der Waals surface area contributed by atoms with Gasteiger partial charge in [0.15, 0.2) is 0 Å². The van der Waals surface area contributed by atoms with Gasteiger partial charge in [-0.15, -0.1) is 5.10 Å². The zero-order valence-electron chi connectivity index (χ0n) is 16.4. The lowest BCUT2D eigenvalue weighted by Gasteiger charge is -2.24. The fraction of sp³-hybridized carbons (Fsp3) is 0.136. The highest BCUT2D eigenvalue weighted by molar-refractivity contribution is 6.31. The van der Waals surface area contributed by atoms with Gasteiger partial charge in [-0.2, -0.15) is 14.9 Å². The number of benzene rings is 2. The number of aryl methyl sites for hydroxylation is 1. The summed E-state index contributed by atoms with van der Waals surface area (Å²) in [7, 11) is 0. The smallest absolute Gasteiger partial charge is 0.272 e. The minimum atomic E-state index is -0.337. The largest absolute Gasteiger partial charge is 0.310 e. The highest BCUT2D eigenvalue weighted by Gasteiger charge is 2.34. The Morgan fingerprint density at radius 2 is 1.94 bits per heavy atom. The van der Waals surface area contributed by atoms with E-state index in [1.165, 1.54) is 23.0 Å². The van der Waals surface area contributed by atoms with E-state index in [0.29, 0.717) is 22.1 Å². The van der Waals surface area contributed by atoms with E-state index in [4.69, 9.17) is 11.6 Å². The zero-order chi connectivity index (χ0) is 21.5. The molecule has 154 valence electrons. The first-order valence-corrected chi connectivity index (χ1v) is 9.99. The van der Waals surface area contributed by atoms with Gasteiger partial charge in [-0.05, 0) is 42.8 Å². The van der Waals surface area contributed by atoms with Crippen LogP contribution in [0.5, 0.6) is 0 Å². The lowest BCUT2D eigenvalue weighted by molar-refractivity contribution is -0.116. The Hall–Kier alpha value is -3.65. The number of anilines is 1.